The quantitative estimate of drug-likeness (QED) is 0.563. The molecule has 0 amide bonds. The molecule has 0 spiro atoms. The fourth-order valence-corrected chi connectivity index (χ4v) is 3.58. The van der Waals surface area contributed by atoms with Crippen molar-refractivity contribution in [2.45, 2.75) is 57.9 Å². The van der Waals surface area contributed by atoms with Gasteiger partial charge < -0.3 is 0 Å². The van der Waals surface area contributed by atoms with Gasteiger partial charge in [0.05, 0.1) is 0 Å². The first-order valence-electron chi connectivity index (χ1n) is 6.51. The van der Waals surface area contributed by atoms with Gasteiger partial charge in [-0.15, -0.1) is 0 Å². The van der Waals surface area contributed by atoms with Crippen LogP contribution in [-0.2, 0) is 9.84 Å². The Hall–Kier alpha value is -0.130. The van der Waals surface area contributed by atoms with E-state index in [1.54, 1.807) is 0 Å². The second-order valence-electron chi connectivity index (χ2n) is 5.71. The van der Waals surface area contributed by atoms with Crippen LogP contribution in [0.5, 0.6) is 0 Å². The summed E-state index contributed by atoms with van der Waals surface area (Å²) in [5, 5.41) is 0. The smallest absolute Gasteiger partial charge is 0.147 e. The molecule has 0 bridgehead atoms. The Labute approximate surface area is 105 Å². The minimum absolute atomic E-state index is 0.240. The molecule has 1 aliphatic carbocycles. The van der Waals surface area contributed by atoms with Gasteiger partial charge in [0.1, 0.15) is 9.84 Å². The average molecular weight is 262 g/mol. The van der Waals surface area contributed by atoms with Gasteiger partial charge in [-0.1, -0.05) is 26.2 Å². The van der Waals surface area contributed by atoms with Gasteiger partial charge in [0.2, 0.25) is 0 Å². The molecule has 0 aromatic rings. The molecule has 0 aliphatic heterocycles. The Kier molecular flexibility index (Phi) is 5.41. The molecule has 5 heteroatoms. The van der Waals surface area contributed by atoms with Gasteiger partial charge in [-0.3, -0.25) is 11.3 Å². The molecule has 17 heavy (non-hydrogen) atoms. The fraction of sp³-hybridized carbons (Fsp3) is 1.00. The van der Waals surface area contributed by atoms with Crippen molar-refractivity contribution in [2.24, 2.45) is 11.3 Å². The lowest BCUT2D eigenvalue weighted by molar-refractivity contribution is 0.137. The standard InChI is InChI=1S/C12H26N2O2S/c1-12(8-4-3-5-9-12)11(14-13)7-6-10-17(2,15)16/h11,14H,3-10,13H2,1-2H3. The van der Waals surface area contributed by atoms with Gasteiger partial charge in [-0.25, -0.2) is 8.42 Å². The monoisotopic (exact) mass is 262 g/mol. The van der Waals surface area contributed by atoms with Crippen molar-refractivity contribution < 1.29 is 8.42 Å². The SMILES string of the molecule is CC1(C(CCCS(C)(=O)=O)NN)CCCCC1. The minimum atomic E-state index is -2.85. The maximum atomic E-state index is 11.1. The third-order valence-corrected chi connectivity index (χ3v) is 5.08. The Balaban J connectivity index is 2.47. The van der Waals surface area contributed by atoms with Crippen molar-refractivity contribution in [1.29, 1.82) is 0 Å². The third kappa shape index (κ3) is 4.94. The molecular formula is C12H26N2O2S. The zero-order chi connectivity index (χ0) is 12.9. The molecule has 0 aromatic heterocycles. The highest BCUT2D eigenvalue weighted by Gasteiger charge is 2.34. The molecule has 0 saturated heterocycles. The maximum absolute atomic E-state index is 11.1. The van der Waals surface area contributed by atoms with E-state index in [0.29, 0.717) is 6.42 Å². The second kappa shape index (κ2) is 6.16. The first-order valence-corrected chi connectivity index (χ1v) is 8.57. The number of nitrogens with two attached hydrogens (primary N) is 1. The summed E-state index contributed by atoms with van der Waals surface area (Å²) in [6.45, 7) is 2.27. The van der Waals surface area contributed by atoms with Crippen molar-refractivity contribution in [3.8, 4) is 0 Å². The number of nitrogens with one attached hydrogen (secondary N) is 1. The second-order valence-corrected chi connectivity index (χ2v) is 7.97. The van der Waals surface area contributed by atoms with E-state index < -0.39 is 9.84 Å². The van der Waals surface area contributed by atoms with Gasteiger partial charge in [0.25, 0.3) is 0 Å². The van der Waals surface area contributed by atoms with Crippen LogP contribution in [0.25, 0.3) is 0 Å². The van der Waals surface area contributed by atoms with E-state index in [-0.39, 0.29) is 17.2 Å². The van der Waals surface area contributed by atoms with Crippen LogP contribution in [-0.4, -0.2) is 26.5 Å². The van der Waals surface area contributed by atoms with Crippen molar-refractivity contribution in [3.63, 3.8) is 0 Å². The largest absolute Gasteiger partial charge is 0.271 e. The lowest BCUT2D eigenvalue weighted by atomic mass is 9.69. The van der Waals surface area contributed by atoms with Crippen LogP contribution < -0.4 is 11.3 Å². The molecule has 4 nitrogen and oxygen atoms in total. The van der Waals surface area contributed by atoms with E-state index in [4.69, 9.17) is 5.84 Å². The summed E-state index contributed by atoms with van der Waals surface area (Å²) in [6.07, 6.45) is 9.07. The molecule has 0 radical (unpaired) electrons. The predicted octanol–water partition coefficient (Wildman–Crippen LogP) is 1.61. The number of hydrogen-bond donors (Lipinski definition) is 2. The van der Waals surface area contributed by atoms with E-state index in [1.165, 1.54) is 38.4 Å². The molecule has 3 N–H and O–H groups in total. The molecular weight excluding hydrogens is 236 g/mol. The molecule has 1 unspecified atom stereocenters. The minimum Gasteiger partial charge on any atom is -0.271 e. The van der Waals surface area contributed by atoms with E-state index in [1.807, 2.05) is 0 Å². The molecule has 0 aromatic carbocycles. The summed E-state index contributed by atoms with van der Waals surface area (Å²) < 4.78 is 22.2. The first kappa shape index (κ1) is 14.9. The van der Waals surface area contributed by atoms with Crippen molar-refractivity contribution in [1.82, 2.24) is 5.43 Å². The van der Waals surface area contributed by atoms with Gasteiger partial charge in [-0.05, 0) is 31.1 Å². The summed E-state index contributed by atoms with van der Waals surface area (Å²) in [5.74, 6) is 5.90. The molecule has 1 rings (SSSR count). The summed E-state index contributed by atoms with van der Waals surface area (Å²) in [4.78, 5) is 0. The lowest BCUT2D eigenvalue weighted by Crippen LogP contribution is -2.48. The van der Waals surface area contributed by atoms with Crippen LogP contribution in [0.15, 0.2) is 0 Å². The molecule has 0 heterocycles. The van der Waals surface area contributed by atoms with Crippen LogP contribution in [0.1, 0.15) is 51.9 Å². The number of sulfone groups is 1. The number of hydrazine groups is 1. The van der Waals surface area contributed by atoms with Gasteiger partial charge >= 0.3 is 0 Å². The summed E-state index contributed by atoms with van der Waals surface area (Å²) in [5.41, 5.74) is 3.14. The first-order chi connectivity index (χ1) is 7.87. The molecule has 1 atom stereocenters. The van der Waals surface area contributed by atoms with Crippen molar-refractivity contribution in [2.75, 3.05) is 12.0 Å². The van der Waals surface area contributed by atoms with E-state index >= 15 is 0 Å². The molecule has 102 valence electrons. The van der Waals surface area contributed by atoms with Crippen LogP contribution in [0.3, 0.4) is 0 Å². The number of hydrogen-bond acceptors (Lipinski definition) is 4. The van der Waals surface area contributed by atoms with Crippen molar-refractivity contribution in [3.05, 3.63) is 0 Å². The van der Waals surface area contributed by atoms with E-state index in [2.05, 4.69) is 12.3 Å². The topological polar surface area (TPSA) is 72.2 Å². The Bertz CT molecular complexity index is 321. The normalized spacial score (nSPS) is 22.3. The number of rotatable bonds is 6. The van der Waals surface area contributed by atoms with Gasteiger partial charge in [-0.2, -0.15) is 0 Å². The summed E-state index contributed by atoms with van der Waals surface area (Å²) in [7, 11) is -2.85. The van der Waals surface area contributed by atoms with Crippen LogP contribution in [0.4, 0.5) is 0 Å². The Morgan fingerprint density at radius 1 is 1.29 bits per heavy atom. The van der Waals surface area contributed by atoms with E-state index in [9.17, 15) is 8.42 Å². The Morgan fingerprint density at radius 2 is 1.88 bits per heavy atom. The summed E-state index contributed by atoms with van der Waals surface area (Å²) in [6, 6.07) is 0.240. The van der Waals surface area contributed by atoms with Gasteiger partial charge in [0, 0.05) is 18.1 Å². The van der Waals surface area contributed by atoms with Gasteiger partial charge in [0.15, 0.2) is 0 Å². The highest BCUT2D eigenvalue weighted by atomic mass is 32.2. The average Bonchev–Trinajstić information content (AvgIpc) is 2.23. The predicted molar refractivity (Wildman–Crippen MR) is 71.2 cm³/mol. The third-order valence-electron chi connectivity index (χ3n) is 4.05. The van der Waals surface area contributed by atoms with Crippen LogP contribution >= 0.6 is 0 Å². The van der Waals surface area contributed by atoms with Crippen molar-refractivity contribution >= 4 is 9.84 Å². The molecule has 1 fully saturated rings. The zero-order valence-corrected chi connectivity index (χ0v) is 11.9. The highest BCUT2D eigenvalue weighted by molar-refractivity contribution is 7.90. The highest BCUT2D eigenvalue weighted by Crippen LogP contribution is 2.39. The summed E-state index contributed by atoms with van der Waals surface area (Å²) >= 11 is 0. The Morgan fingerprint density at radius 3 is 2.35 bits per heavy atom. The molecule has 1 aliphatic rings. The zero-order valence-electron chi connectivity index (χ0n) is 11.0. The van der Waals surface area contributed by atoms with Crippen LogP contribution in [0, 0.1) is 5.41 Å². The maximum Gasteiger partial charge on any atom is 0.147 e. The fourth-order valence-electron chi connectivity index (χ4n) is 2.89. The molecule has 1 saturated carbocycles. The van der Waals surface area contributed by atoms with Crippen LogP contribution in [0.2, 0.25) is 0 Å². The lowest BCUT2D eigenvalue weighted by Gasteiger charge is -2.40. The van der Waals surface area contributed by atoms with E-state index in [0.717, 1.165) is 6.42 Å².